The Balaban J connectivity index is 2.16. The maximum Gasteiger partial charge on any atom is 0.210 e. The minimum atomic E-state index is 0.0206. The summed E-state index contributed by atoms with van der Waals surface area (Å²) >= 11 is 4.32. The van der Waals surface area contributed by atoms with Crippen LogP contribution in [0.15, 0.2) is 30.3 Å². The van der Waals surface area contributed by atoms with Crippen molar-refractivity contribution in [1.82, 2.24) is 0 Å². The van der Waals surface area contributed by atoms with Gasteiger partial charge in [0.1, 0.15) is 12.3 Å². The van der Waals surface area contributed by atoms with Crippen LogP contribution in [0.3, 0.4) is 0 Å². The molecule has 0 aliphatic carbocycles. The van der Waals surface area contributed by atoms with Crippen LogP contribution in [-0.2, 0) is 5.41 Å². The van der Waals surface area contributed by atoms with Crippen molar-refractivity contribution >= 4 is 34.8 Å². The highest BCUT2D eigenvalue weighted by atomic mass is 32.1. The molecule has 116 valence electrons. The molecule has 0 atom stereocenters. The van der Waals surface area contributed by atoms with E-state index in [-0.39, 0.29) is 5.41 Å². The number of fused-ring (bicyclic) bond motifs is 3. The molecule has 3 heteroatoms. The van der Waals surface area contributed by atoms with Crippen molar-refractivity contribution in [3.05, 3.63) is 35.9 Å². The molecule has 0 saturated heterocycles. The molecule has 0 aromatic heterocycles. The summed E-state index contributed by atoms with van der Waals surface area (Å²) < 4.78 is 2.46. The molecular formula is C19H24NOS+. The zero-order valence-electron chi connectivity index (χ0n) is 13.6. The maximum atomic E-state index is 9.73. The van der Waals surface area contributed by atoms with Crippen LogP contribution >= 0.6 is 12.6 Å². The van der Waals surface area contributed by atoms with Crippen molar-refractivity contribution in [2.75, 3.05) is 12.3 Å². The molecule has 0 bridgehead atoms. The molecular weight excluding hydrogens is 290 g/mol. The molecule has 0 amide bonds. The topological polar surface area (TPSA) is 23.2 Å². The first-order valence-corrected chi connectivity index (χ1v) is 8.58. The number of nitrogens with zero attached hydrogens (tertiary/aromatic N) is 1. The van der Waals surface area contributed by atoms with Gasteiger partial charge in [-0.15, -0.1) is 0 Å². The standard InChI is InChI=1S/C19H23NOS/c1-13-19(2,3)18-16-8-7-15(21)12-14(16)6-9-17(18)20(13)10-4-5-11-22/h6-9,12H,4-5,10-11H2,1-3H3,(H-,21,22)/p+1. The fraction of sp³-hybridized carbons (Fsp3) is 0.421. The van der Waals surface area contributed by atoms with Gasteiger partial charge in [0.25, 0.3) is 0 Å². The second kappa shape index (κ2) is 5.62. The molecule has 2 nitrogen and oxygen atoms in total. The number of rotatable bonds is 4. The van der Waals surface area contributed by atoms with Crippen LogP contribution in [0.25, 0.3) is 10.8 Å². The predicted molar refractivity (Wildman–Crippen MR) is 97.2 cm³/mol. The lowest BCUT2D eigenvalue weighted by molar-refractivity contribution is -0.439. The van der Waals surface area contributed by atoms with Gasteiger partial charge in [0.15, 0.2) is 5.71 Å². The molecule has 3 rings (SSSR count). The molecule has 2 aromatic rings. The molecule has 0 unspecified atom stereocenters. The monoisotopic (exact) mass is 314 g/mol. The van der Waals surface area contributed by atoms with Gasteiger partial charge in [-0.25, -0.2) is 0 Å². The third kappa shape index (κ3) is 2.32. The fourth-order valence-electron chi connectivity index (χ4n) is 3.56. The van der Waals surface area contributed by atoms with Crippen LogP contribution < -0.4 is 0 Å². The smallest absolute Gasteiger partial charge is 0.210 e. The lowest BCUT2D eigenvalue weighted by Crippen LogP contribution is -2.26. The first kappa shape index (κ1) is 15.4. The maximum absolute atomic E-state index is 9.73. The van der Waals surface area contributed by atoms with Crippen molar-refractivity contribution in [3.8, 4) is 5.75 Å². The number of phenols is 1. The van der Waals surface area contributed by atoms with Crippen LogP contribution in [-0.4, -0.2) is 27.7 Å². The Morgan fingerprint density at radius 1 is 1.14 bits per heavy atom. The van der Waals surface area contributed by atoms with Crippen LogP contribution in [0.5, 0.6) is 5.75 Å². The highest BCUT2D eigenvalue weighted by molar-refractivity contribution is 7.80. The molecule has 1 aliphatic rings. The van der Waals surface area contributed by atoms with E-state index in [1.54, 1.807) is 6.07 Å². The summed E-state index contributed by atoms with van der Waals surface area (Å²) in [4.78, 5) is 0. The van der Waals surface area contributed by atoms with Gasteiger partial charge in [-0.05, 0) is 55.0 Å². The zero-order valence-corrected chi connectivity index (χ0v) is 14.5. The Morgan fingerprint density at radius 3 is 2.64 bits per heavy atom. The van der Waals surface area contributed by atoms with Gasteiger partial charge < -0.3 is 5.11 Å². The van der Waals surface area contributed by atoms with Gasteiger partial charge in [-0.1, -0.05) is 6.07 Å². The van der Waals surface area contributed by atoms with Gasteiger partial charge in [0, 0.05) is 25.0 Å². The minimum absolute atomic E-state index is 0.0206. The summed E-state index contributed by atoms with van der Waals surface area (Å²) in [6.07, 6.45) is 2.30. The Hall–Kier alpha value is -1.48. The molecule has 0 saturated carbocycles. The van der Waals surface area contributed by atoms with Crippen LogP contribution in [0.4, 0.5) is 5.69 Å². The third-order valence-corrected chi connectivity index (χ3v) is 5.31. The summed E-state index contributed by atoms with van der Waals surface area (Å²) in [7, 11) is 0. The van der Waals surface area contributed by atoms with Crippen molar-refractivity contribution in [2.45, 2.75) is 39.0 Å². The number of unbranched alkanes of at least 4 members (excludes halogenated alkanes) is 1. The predicted octanol–water partition coefficient (Wildman–Crippen LogP) is 4.65. The van der Waals surface area contributed by atoms with Crippen molar-refractivity contribution in [3.63, 3.8) is 0 Å². The average molecular weight is 314 g/mol. The molecule has 0 fully saturated rings. The molecule has 22 heavy (non-hydrogen) atoms. The SMILES string of the molecule is CC1=[N+](CCCCS)c2ccc3cc(O)ccc3c2C1(C)C. The summed E-state index contributed by atoms with van der Waals surface area (Å²) in [5, 5.41) is 12.1. The Morgan fingerprint density at radius 2 is 1.91 bits per heavy atom. The molecule has 1 N–H and O–H groups in total. The van der Waals surface area contributed by atoms with Crippen molar-refractivity contribution in [1.29, 1.82) is 0 Å². The van der Waals surface area contributed by atoms with E-state index in [1.165, 1.54) is 22.3 Å². The van der Waals surface area contributed by atoms with E-state index < -0.39 is 0 Å². The second-order valence-corrected chi connectivity index (χ2v) is 7.11. The van der Waals surface area contributed by atoms with Crippen LogP contribution in [0.2, 0.25) is 0 Å². The van der Waals surface area contributed by atoms with E-state index in [4.69, 9.17) is 0 Å². The minimum Gasteiger partial charge on any atom is -0.508 e. The third-order valence-electron chi connectivity index (χ3n) is 5.00. The van der Waals surface area contributed by atoms with Crippen molar-refractivity contribution in [2.24, 2.45) is 0 Å². The number of hydrogen-bond acceptors (Lipinski definition) is 2. The Bertz CT molecular complexity index is 761. The Labute approximate surface area is 137 Å². The first-order valence-electron chi connectivity index (χ1n) is 7.95. The molecule has 1 aliphatic heterocycles. The lowest BCUT2D eigenvalue weighted by atomic mass is 9.80. The average Bonchev–Trinajstić information content (AvgIpc) is 2.68. The second-order valence-electron chi connectivity index (χ2n) is 6.66. The van der Waals surface area contributed by atoms with E-state index in [1.807, 2.05) is 6.07 Å². The molecule has 0 spiro atoms. The summed E-state index contributed by atoms with van der Waals surface area (Å²) in [6, 6.07) is 10.0. The molecule has 1 heterocycles. The van der Waals surface area contributed by atoms with Crippen molar-refractivity contribution < 1.29 is 9.68 Å². The first-order chi connectivity index (χ1) is 10.5. The highest BCUT2D eigenvalue weighted by Crippen LogP contribution is 2.44. The van der Waals surface area contributed by atoms with Gasteiger partial charge in [0.05, 0.1) is 5.41 Å². The summed E-state index contributed by atoms with van der Waals surface area (Å²) in [5.74, 6) is 1.27. The number of thiol groups is 1. The number of aromatic hydroxyl groups is 1. The highest BCUT2D eigenvalue weighted by Gasteiger charge is 2.43. The Kier molecular flexibility index (Phi) is 3.94. The van der Waals surface area contributed by atoms with Gasteiger partial charge in [-0.3, -0.25) is 0 Å². The van der Waals surface area contributed by atoms with Crippen LogP contribution in [0.1, 0.15) is 39.2 Å². The molecule has 0 radical (unpaired) electrons. The van der Waals surface area contributed by atoms with Gasteiger partial charge >= 0.3 is 0 Å². The zero-order chi connectivity index (χ0) is 15.9. The number of benzene rings is 2. The van der Waals surface area contributed by atoms with E-state index in [0.29, 0.717) is 5.75 Å². The van der Waals surface area contributed by atoms with E-state index in [2.05, 4.69) is 56.2 Å². The largest absolute Gasteiger partial charge is 0.508 e. The quantitative estimate of drug-likeness (QED) is 0.479. The summed E-state index contributed by atoms with van der Waals surface area (Å²) in [5.41, 5.74) is 4.13. The van der Waals surface area contributed by atoms with Gasteiger partial charge in [0.2, 0.25) is 5.69 Å². The fourth-order valence-corrected chi connectivity index (χ4v) is 3.78. The number of phenolic OH excluding ortho intramolecular Hbond substituents is 1. The lowest BCUT2D eigenvalue weighted by Gasteiger charge is -2.17. The normalized spacial score (nSPS) is 16.4. The van der Waals surface area contributed by atoms with E-state index in [0.717, 1.165) is 30.5 Å². The van der Waals surface area contributed by atoms with Crippen LogP contribution in [0, 0.1) is 0 Å². The van der Waals surface area contributed by atoms with Gasteiger partial charge in [-0.2, -0.15) is 17.2 Å². The van der Waals surface area contributed by atoms with E-state index in [9.17, 15) is 5.11 Å². The van der Waals surface area contributed by atoms with E-state index >= 15 is 0 Å². The number of hydrogen-bond donors (Lipinski definition) is 2. The summed E-state index contributed by atoms with van der Waals surface area (Å²) in [6.45, 7) is 7.89. The molecule has 2 aromatic carbocycles.